The van der Waals surface area contributed by atoms with Crippen molar-refractivity contribution in [2.24, 2.45) is 5.92 Å². The van der Waals surface area contributed by atoms with E-state index >= 15 is 0 Å². The molecule has 4 heteroatoms. The highest BCUT2D eigenvalue weighted by atomic mass is 19.1. The van der Waals surface area contributed by atoms with Gasteiger partial charge in [-0.2, -0.15) is 0 Å². The summed E-state index contributed by atoms with van der Waals surface area (Å²) < 4.78 is 13.8. The fourth-order valence-electron chi connectivity index (χ4n) is 3.25. The molecule has 142 valence electrons. The number of nitrogens with one attached hydrogen (secondary N) is 1. The molecule has 1 unspecified atom stereocenters. The predicted molar refractivity (Wildman–Crippen MR) is 110 cm³/mol. The Morgan fingerprint density at radius 3 is 2.64 bits per heavy atom. The van der Waals surface area contributed by atoms with Crippen LogP contribution >= 0.6 is 0 Å². The van der Waals surface area contributed by atoms with Crippen LogP contribution in [0.1, 0.15) is 43.1 Å². The number of rotatable bonds is 4. The fraction of sp³-hybridized carbons (Fsp3) is 0.250. The number of hydrogen-bond acceptors (Lipinski definition) is 2. The maximum Gasteiger partial charge on any atom is 0.254 e. The first kappa shape index (κ1) is 19.6. The first-order chi connectivity index (χ1) is 13.4. The molecule has 3 aromatic rings. The average molecular weight is 374 g/mol. The number of amides is 1. The van der Waals surface area contributed by atoms with E-state index in [9.17, 15) is 9.18 Å². The molecule has 0 saturated heterocycles. The maximum atomic E-state index is 13.8. The first-order valence-corrected chi connectivity index (χ1v) is 9.31. The molecule has 0 aliphatic heterocycles. The minimum absolute atomic E-state index is 0.257. The lowest BCUT2D eigenvalue weighted by molar-refractivity contribution is 0.0918. The van der Waals surface area contributed by atoms with Crippen molar-refractivity contribution in [3.63, 3.8) is 0 Å². The van der Waals surface area contributed by atoms with Crippen LogP contribution in [0.4, 0.5) is 4.39 Å². The molecule has 0 aliphatic rings. The van der Waals surface area contributed by atoms with E-state index in [1.54, 1.807) is 18.2 Å². The molecular formula is C24H23FN2O. The van der Waals surface area contributed by atoms with E-state index in [0.29, 0.717) is 23.3 Å². The molecule has 1 atom stereocenters. The molecule has 1 amide bonds. The van der Waals surface area contributed by atoms with Gasteiger partial charge in [0.15, 0.2) is 0 Å². The molecular weight excluding hydrogens is 351 g/mol. The lowest BCUT2D eigenvalue weighted by Crippen LogP contribution is -2.46. The Morgan fingerprint density at radius 1 is 1.18 bits per heavy atom. The summed E-state index contributed by atoms with van der Waals surface area (Å²) >= 11 is 0. The Labute approximate surface area is 165 Å². The Morgan fingerprint density at radius 2 is 1.93 bits per heavy atom. The molecule has 0 fully saturated rings. The van der Waals surface area contributed by atoms with Gasteiger partial charge in [-0.3, -0.25) is 9.78 Å². The van der Waals surface area contributed by atoms with Gasteiger partial charge in [0, 0.05) is 17.1 Å². The van der Waals surface area contributed by atoms with Crippen LogP contribution in [0.2, 0.25) is 0 Å². The van der Waals surface area contributed by atoms with E-state index in [-0.39, 0.29) is 11.4 Å². The molecule has 0 bridgehead atoms. The highest BCUT2D eigenvalue weighted by Gasteiger charge is 2.26. The standard InChI is InChI=1S/C24H23FN2O/c1-17(2)15-24(3,13-12-18-8-5-4-6-9-18)27-23(28)20-14-19-10-7-11-21(25)22(19)26-16-20/h4-11,14,16-17H,15H2,1-3H3,(H,27,28). The van der Waals surface area contributed by atoms with E-state index in [1.807, 2.05) is 37.3 Å². The average Bonchev–Trinajstić information content (AvgIpc) is 2.66. The minimum Gasteiger partial charge on any atom is -0.336 e. The van der Waals surface area contributed by atoms with Crippen molar-refractivity contribution in [3.8, 4) is 11.8 Å². The second-order valence-electron chi connectivity index (χ2n) is 7.54. The first-order valence-electron chi connectivity index (χ1n) is 9.31. The number of hydrogen-bond donors (Lipinski definition) is 1. The van der Waals surface area contributed by atoms with Gasteiger partial charge in [-0.25, -0.2) is 4.39 Å². The molecule has 0 aliphatic carbocycles. The van der Waals surface area contributed by atoms with Crippen LogP contribution < -0.4 is 5.32 Å². The zero-order chi connectivity index (χ0) is 20.1. The van der Waals surface area contributed by atoms with Crippen LogP contribution in [-0.4, -0.2) is 16.4 Å². The number of fused-ring (bicyclic) bond motifs is 1. The van der Waals surface area contributed by atoms with Gasteiger partial charge in [0.1, 0.15) is 11.3 Å². The molecule has 2 aromatic carbocycles. The van der Waals surface area contributed by atoms with Crippen molar-refractivity contribution in [2.45, 2.75) is 32.7 Å². The summed E-state index contributed by atoms with van der Waals surface area (Å²) in [5.74, 6) is 6.06. The number of nitrogens with zero attached hydrogens (tertiary/aromatic N) is 1. The fourth-order valence-corrected chi connectivity index (χ4v) is 3.25. The van der Waals surface area contributed by atoms with Crippen molar-refractivity contribution in [1.29, 1.82) is 0 Å². The van der Waals surface area contributed by atoms with Gasteiger partial charge in [-0.05, 0) is 43.5 Å². The summed E-state index contributed by atoms with van der Waals surface area (Å²) in [6, 6.07) is 16.0. The summed E-state index contributed by atoms with van der Waals surface area (Å²) in [7, 11) is 0. The van der Waals surface area contributed by atoms with Crippen molar-refractivity contribution in [1.82, 2.24) is 10.3 Å². The van der Waals surface area contributed by atoms with Crippen LogP contribution in [-0.2, 0) is 0 Å². The number of para-hydroxylation sites is 1. The van der Waals surface area contributed by atoms with E-state index in [0.717, 1.165) is 5.56 Å². The maximum absolute atomic E-state index is 13.8. The van der Waals surface area contributed by atoms with Gasteiger partial charge in [0.2, 0.25) is 0 Å². The van der Waals surface area contributed by atoms with Crippen molar-refractivity contribution < 1.29 is 9.18 Å². The molecule has 0 radical (unpaired) electrons. The smallest absolute Gasteiger partial charge is 0.254 e. The number of carbonyl (C=O) groups is 1. The predicted octanol–water partition coefficient (Wildman–Crippen LogP) is 4.96. The van der Waals surface area contributed by atoms with E-state index in [2.05, 4.69) is 36.0 Å². The zero-order valence-corrected chi connectivity index (χ0v) is 16.3. The quantitative estimate of drug-likeness (QED) is 0.656. The van der Waals surface area contributed by atoms with Gasteiger partial charge in [0.25, 0.3) is 5.91 Å². The van der Waals surface area contributed by atoms with Crippen molar-refractivity contribution in [3.05, 3.63) is 77.7 Å². The van der Waals surface area contributed by atoms with Crippen LogP contribution in [0.3, 0.4) is 0 Å². The number of benzene rings is 2. The third-order valence-corrected chi connectivity index (χ3v) is 4.39. The Hall–Kier alpha value is -3.19. The second kappa shape index (κ2) is 8.22. The minimum atomic E-state index is -0.696. The molecule has 28 heavy (non-hydrogen) atoms. The zero-order valence-electron chi connectivity index (χ0n) is 16.3. The van der Waals surface area contributed by atoms with Crippen LogP contribution in [0.15, 0.2) is 60.8 Å². The largest absolute Gasteiger partial charge is 0.336 e. The van der Waals surface area contributed by atoms with E-state index in [1.165, 1.54) is 12.3 Å². The molecule has 1 heterocycles. The summed E-state index contributed by atoms with van der Waals surface area (Å²) in [6.07, 6.45) is 2.11. The van der Waals surface area contributed by atoms with Gasteiger partial charge in [0.05, 0.1) is 11.1 Å². The van der Waals surface area contributed by atoms with Crippen LogP contribution in [0.25, 0.3) is 10.9 Å². The molecule has 1 aromatic heterocycles. The van der Waals surface area contributed by atoms with Crippen molar-refractivity contribution in [2.75, 3.05) is 0 Å². The third-order valence-electron chi connectivity index (χ3n) is 4.39. The highest BCUT2D eigenvalue weighted by molar-refractivity contribution is 5.97. The third kappa shape index (κ3) is 4.75. The van der Waals surface area contributed by atoms with Crippen LogP contribution in [0, 0.1) is 23.6 Å². The SMILES string of the molecule is CC(C)CC(C)(C#Cc1ccccc1)NC(=O)c1cnc2c(F)cccc2c1. The van der Waals surface area contributed by atoms with Gasteiger partial charge in [-0.15, -0.1) is 0 Å². The molecule has 3 nitrogen and oxygen atoms in total. The number of halogens is 1. The second-order valence-corrected chi connectivity index (χ2v) is 7.54. The molecule has 3 rings (SSSR count). The monoisotopic (exact) mass is 374 g/mol. The van der Waals surface area contributed by atoms with Gasteiger partial charge >= 0.3 is 0 Å². The van der Waals surface area contributed by atoms with E-state index in [4.69, 9.17) is 0 Å². The van der Waals surface area contributed by atoms with Gasteiger partial charge < -0.3 is 5.32 Å². The normalized spacial score (nSPS) is 12.9. The highest BCUT2D eigenvalue weighted by Crippen LogP contribution is 2.19. The summed E-state index contributed by atoms with van der Waals surface area (Å²) in [4.78, 5) is 17.0. The molecule has 0 spiro atoms. The Kier molecular flexibility index (Phi) is 5.75. The summed E-state index contributed by atoms with van der Waals surface area (Å²) in [5.41, 5.74) is 0.842. The number of pyridine rings is 1. The number of aromatic nitrogens is 1. The molecule has 0 saturated carbocycles. The lowest BCUT2D eigenvalue weighted by atomic mass is 9.90. The summed E-state index contributed by atoms with van der Waals surface area (Å²) in [5, 5.41) is 3.64. The summed E-state index contributed by atoms with van der Waals surface area (Å²) in [6.45, 7) is 6.11. The topological polar surface area (TPSA) is 42.0 Å². The lowest BCUT2D eigenvalue weighted by Gasteiger charge is -2.27. The number of carbonyl (C=O) groups excluding carboxylic acids is 1. The van der Waals surface area contributed by atoms with Crippen molar-refractivity contribution >= 4 is 16.8 Å². The van der Waals surface area contributed by atoms with E-state index < -0.39 is 11.4 Å². The Balaban J connectivity index is 1.88. The van der Waals surface area contributed by atoms with Crippen LogP contribution in [0.5, 0.6) is 0 Å². The molecule has 1 N–H and O–H groups in total. The Bertz CT molecular complexity index is 1050. The van der Waals surface area contributed by atoms with Gasteiger partial charge in [-0.1, -0.05) is 56.0 Å².